The van der Waals surface area contributed by atoms with Crippen LogP contribution in [-0.4, -0.2) is 29.9 Å². The van der Waals surface area contributed by atoms with Gasteiger partial charge in [0.25, 0.3) is 0 Å². The van der Waals surface area contributed by atoms with Gasteiger partial charge in [-0.25, -0.2) is 0 Å². The molecule has 0 amide bonds. The number of hydrogen-bond donors (Lipinski definition) is 1. The van der Waals surface area contributed by atoms with Gasteiger partial charge in [0.05, 0.1) is 16.7 Å². The largest absolute Gasteiger partial charge is 0.490 e. The Hall–Kier alpha value is -2.29. The molecular weight excluding hydrogens is 500 g/mol. The molecule has 5 heteroatoms. The van der Waals surface area contributed by atoms with Crippen LogP contribution >= 0.6 is 11.8 Å². The van der Waals surface area contributed by atoms with Gasteiger partial charge in [-0.15, -0.1) is 0 Å². The maximum atomic E-state index is 9.52. The topological polar surface area (TPSA) is 65.6 Å². The minimum Gasteiger partial charge on any atom is -0.490 e. The third kappa shape index (κ3) is 12.6. The third-order valence-corrected chi connectivity index (χ3v) is 7.53. The van der Waals surface area contributed by atoms with Gasteiger partial charge < -0.3 is 9.84 Å². The minimum atomic E-state index is 0.0363. The lowest BCUT2D eigenvalue weighted by molar-refractivity contribution is 0.241. The second-order valence-corrected chi connectivity index (χ2v) is 11.5. The maximum Gasteiger partial charge on any atom is 0.137 e. The van der Waals surface area contributed by atoms with E-state index in [1.807, 2.05) is 59.9 Å². The maximum absolute atomic E-state index is 9.52. The Balaban J connectivity index is 0.00000112. The number of nitrogens with zero attached hydrogens (tertiary/aromatic N) is 2. The van der Waals surface area contributed by atoms with E-state index in [1.54, 1.807) is 11.8 Å². The zero-order valence-corrected chi connectivity index (χ0v) is 27.3. The van der Waals surface area contributed by atoms with Crippen LogP contribution in [0.1, 0.15) is 127 Å². The lowest BCUT2D eigenvalue weighted by atomic mass is 9.98. The third-order valence-electron chi connectivity index (χ3n) is 6.29. The Kier molecular flexibility index (Phi) is 19.4. The van der Waals surface area contributed by atoms with E-state index in [-0.39, 0.29) is 6.10 Å². The van der Waals surface area contributed by atoms with Crippen LogP contribution in [-0.2, 0) is 6.42 Å². The van der Waals surface area contributed by atoms with Gasteiger partial charge in [0.1, 0.15) is 11.8 Å². The number of aliphatic hydroxyl groups excluding tert-OH is 1. The molecule has 0 saturated carbocycles. The summed E-state index contributed by atoms with van der Waals surface area (Å²) in [6.45, 7) is 21.4. The SMILES string of the molecule is CC.CCC(C)C.CCCO.CN=C(SC(C)c1cccc2c1CCC2C)c1ccc(OC(C)C)c(C#N)c1. The van der Waals surface area contributed by atoms with Crippen molar-refractivity contribution in [2.75, 3.05) is 13.7 Å². The first-order chi connectivity index (χ1) is 18.6. The van der Waals surface area contributed by atoms with Crippen LogP contribution in [0.25, 0.3) is 0 Å². The molecule has 0 spiro atoms. The van der Waals surface area contributed by atoms with E-state index in [2.05, 4.69) is 63.9 Å². The first-order valence-electron chi connectivity index (χ1n) is 14.7. The number of aliphatic imine (C=N–C) groups is 1. The molecule has 39 heavy (non-hydrogen) atoms. The molecule has 1 N–H and O–H groups in total. The molecule has 4 nitrogen and oxygen atoms in total. The van der Waals surface area contributed by atoms with Crippen molar-refractivity contribution in [2.45, 2.75) is 112 Å². The molecule has 0 heterocycles. The van der Waals surface area contributed by atoms with Gasteiger partial charge in [0.2, 0.25) is 0 Å². The highest BCUT2D eigenvalue weighted by molar-refractivity contribution is 8.14. The molecule has 3 rings (SSSR count). The Labute approximate surface area is 244 Å². The van der Waals surface area contributed by atoms with Crippen molar-refractivity contribution in [3.8, 4) is 11.8 Å². The standard InChI is InChI=1S/C24H28N2OS.C5H12.C3H8O.C2H6/c1-15(2)27-23-12-10-18(13-19(23)14-25)24(26-5)28-17(4)21-8-6-7-20-16(3)9-11-22(20)21;1-4-5(2)3;1-2-3-4;1-2/h6-8,10,12-13,15-17H,9,11H2,1-5H3;5H,4H2,1-3H3;4H,2-3H2,1H3;1-2H3. The van der Waals surface area contributed by atoms with Crippen LogP contribution < -0.4 is 4.74 Å². The summed E-state index contributed by atoms with van der Waals surface area (Å²) in [6.07, 6.45) is 4.62. The highest BCUT2D eigenvalue weighted by Crippen LogP contribution is 2.41. The van der Waals surface area contributed by atoms with Gasteiger partial charge in [0, 0.05) is 24.5 Å². The molecule has 0 fully saturated rings. The van der Waals surface area contributed by atoms with Crippen molar-refractivity contribution < 1.29 is 9.84 Å². The van der Waals surface area contributed by atoms with E-state index in [0.29, 0.717) is 29.1 Å². The van der Waals surface area contributed by atoms with Crippen LogP contribution in [0, 0.1) is 17.2 Å². The lowest BCUT2D eigenvalue weighted by Gasteiger charge is -2.18. The summed E-state index contributed by atoms with van der Waals surface area (Å²) in [5.41, 5.74) is 5.95. The van der Waals surface area contributed by atoms with Crippen LogP contribution in [0.4, 0.5) is 0 Å². The number of fused-ring (bicyclic) bond motifs is 1. The second kappa shape index (κ2) is 20.6. The van der Waals surface area contributed by atoms with E-state index < -0.39 is 0 Å². The van der Waals surface area contributed by atoms with Gasteiger partial charge in [-0.05, 0) is 86.8 Å². The molecule has 1 aliphatic carbocycles. The molecule has 2 aromatic rings. The van der Waals surface area contributed by atoms with Crippen LogP contribution in [0.3, 0.4) is 0 Å². The predicted octanol–water partition coefficient (Wildman–Crippen LogP) is 9.73. The van der Waals surface area contributed by atoms with Crippen molar-refractivity contribution >= 4 is 16.8 Å². The number of thioether (sulfide) groups is 1. The zero-order chi connectivity index (χ0) is 30.0. The van der Waals surface area contributed by atoms with Gasteiger partial charge >= 0.3 is 0 Å². The highest BCUT2D eigenvalue weighted by Gasteiger charge is 2.24. The van der Waals surface area contributed by atoms with E-state index in [4.69, 9.17) is 9.84 Å². The molecular formula is C34H54N2O2S. The molecule has 2 unspecified atom stereocenters. The summed E-state index contributed by atoms with van der Waals surface area (Å²) < 4.78 is 5.75. The fourth-order valence-corrected chi connectivity index (χ4v) is 4.91. The van der Waals surface area contributed by atoms with Gasteiger partial charge in [-0.3, -0.25) is 4.99 Å². The van der Waals surface area contributed by atoms with Gasteiger partial charge in [-0.1, -0.05) is 84.8 Å². The predicted molar refractivity (Wildman–Crippen MR) is 172 cm³/mol. The van der Waals surface area contributed by atoms with Crippen molar-refractivity contribution in [3.05, 3.63) is 64.2 Å². The van der Waals surface area contributed by atoms with Crippen molar-refractivity contribution in [2.24, 2.45) is 10.9 Å². The molecule has 0 saturated heterocycles. The molecule has 0 aliphatic heterocycles. The number of hydrogen-bond acceptors (Lipinski definition) is 5. The molecule has 2 atom stereocenters. The molecule has 2 aromatic carbocycles. The van der Waals surface area contributed by atoms with E-state index in [9.17, 15) is 5.26 Å². The Morgan fingerprint density at radius 3 is 2.23 bits per heavy atom. The van der Waals surface area contributed by atoms with Crippen molar-refractivity contribution in [1.29, 1.82) is 5.26 Å². The summed E-state index contributed by atoms with van der Waals surface area (Å²) in [4.78, 5) is 4.53. The average Bonchev–Trinajstić information content (AvgIpc) is 3.33. The van der Waals surface area contributed by atoms with Crippen molar-refractivity contribution in [3.63, 3.8) is 0 Å². The monoisotopic (exact) mass is 554 g/mol. The highest BCUT2D eigenvalue weighted by atomic mass is 32.2. The number of aliphatic hydroxyl groups is 1. The van der Waals surface area contributed by atoms with E-state index in [0.717, 1.165) is 29.4 Å². The normalized spacial score (nSPS) is 14.6. The fourth-order valence-electron chi connectivity index (χ4n) is 3.86. The molecule has 0 aromatic heterocycles. The smallest absolute Gasteiger partial charge is 0.137 e. The number of ether oxygens (including phenoxy) is 1. The number of nitriles is 1. The molecule has 0 radical (unpaired) electrons. The summed E-state index contributed by atoms with van der Waals surface area (Å²) >= 11 is 1.76. The van der Waals surface area contributed by atoms with Gasteiger partial charge in [-0.2, -0.15) is 5.26 Å². The fraction of sp³-hybridized carbons (Fsp3) is 0.588. The second-order valence-electron chi connectivity index (χ2n) is 10.2. The number of benzene rings is 2. The summed E-state index contributed by atoms with van der Waals surface area (Å²) in [5.74, 6) is 2.16. The Morgan fingerprint density at radius 1 is 1.13 bits per heavy atom. The number of rotatable bonds is 7. The summed E-state index contributed by atoms with van der Waals surface area (Å²) in [6, 6.07) is 14.7. The van der Waals surface area contributed by atoms with Crippen LogP contribution in [0.5, 0.6) is 5.75 Å². The summed E-state index contributed by atoms with van der Waals surface area (Å²) in [7, 11) is 1.82. The zero-order valence-electron chi connectivity index (χ0n) is 26.5. The Morgan fingerprint density at radius 2 is 1.74 bits per heavy atom. The van der Waals surface area contributed by atoms with Gasteiger partial charge in [0.15, 0.2) is 0 Å². The minimum absolute atomic E-state index is 0.0363. The van der Waals surface area contributed by atoms with Crippen molar-refractivity contribution in [1.82, 2.24) is 0 Å². The first kappa shape index (κ1) is 36.7. The summed E-state index contributed by atoms with van der Waals surface area (Å²) in [5, 5.41) is 18.6. The van der Waals surface area contributed by atoms with Crippen LogP contribution in [0.15, 0.2) is 41.4 Å². The van der Waals surface area contributed by atoms with E-state index >= 15 is 0 Å². The lowest BCUT2D eigenvalue weighted by Crippen LogP contribution is -2.08. The molecule has 218 valence electrons. The first-order valence-corrected chi connectivity index (χ1v) is 15.6. The van der Waals surface area contributed by atoms with E-state index in [1.165, 1.54) is 29.5 Å². The Bertz CT molecular complexity index is 1020. The molecule has 1 aliphatic rings. The van der Waals surface area contributed by atoms with Crippen LogP contribution in [0.2, 0.25) is 0 Å². The average molecular weight is 555 g/mol. The molecule has 0 bridgehead atoms. The quantitative estimate of drug-likeness (QED) is 0.273.